The van der Waals surface area contributed by atoms with Crippen LogP contribution in [0.25, 0.3) is 0 Å². The van der Waals surface area contributed by atoms with Crippen molar-refractivity contribution in [2.24, 2.45) is 26.3 Å². The number of carbonyl (C=O) groups excluding carboxylic acids is 1. The molecule has 1 N–H and O–H groups in total. The van der Waals surface area contributed by atoms with Crippen LogP contribution in [0, 0.1) is 5.92 Å². The maximum atomic E-state index is 12.2. The van der Waals surface area contributed by atoms with Gasteiger partial charge in [0.2, 0.25) is 0 Å². The molecule has 0 saturated heterocycles. The highest BCUT2D eigenvalue weighted by Crippen LogP contribution is 2.30. The lowest BCUT2D eigenvalue weighted by atomic mass is 10.1. The van der Waals surface area contributed by atoms with E-state index >= 15 is 0 Å². The monoisotopic (exact) mass is 346 g/mol. The van der Waals surface area contributed by atoms with Gasteiger partial charge in [-0.2, -0.15) is 32.0 Å². The van der Waals surface area contributed by atoms with Gasteiger partial charge in [-0.25, -0.2) is 0 Å². The number of ether oxygens (including phenoxy) is 1. The standard InChI is InChI=1S/C12H18N4O4S2/c1-7(10-16-14-6-22(10)3)20-12(19)8(11(17)18)4-9-15-13-5-21(9)2/h5-8,21-22H,4H2,1-3H3,(H,17,18). The van der Waals surface area contributed by atoms with Gasteiger partial charge in [0.15, 0.2) is 5.92 Å². The Balaban J connectivity index is 2.00. The molecule has 4 atom stereocenters. The third-order valence-corrected chi connectivity index (χ3v) is 6.34. The van der Waals surface area contributed by atoms with E-state index in [1.54, 1.807) is 18.0 Å². The number of carboxylic acids is 1. The maximum Gasteiger partial charge on any atom is 0.321 e. The second kappa shape index (κ2) is 7.05. The van der Waals surface area contributed by atoms with Crippen LogP contribution in [0.2, 0.25) is 0 Å². The largest absolute Gasteiger partial charge is 0.481 e. The summed E-state index contributed by atoms with van der Waals surface area (Å²) in [5.41, 5.74) is 3.38. The molecule has 2 aliphatic heterocycles. The zero-order valence-corrected chi connectivity index (χ0v) is 14.2. The second-order valence-electron chi connectivity index (χ2n) is 4.83. The van der Waals surface area contributed by atoms with Gasteiger partial charge >= 0.3 is 11.9 Å². The first kappa shape index (κ1) is 16.7. The van der Waals surface area contributed by atoms with Crippen molar-refractivity contribution < 1.29 is 19.4 Å². The lowest BCUT2D eigenvalue weighted by Crippen LogP contribution is -2.33. The molecule has 122 valence electrons. The molecule has 2 rings (SSSR count). The molecule has 2 heterocycles. The molecule has 0 amide bonds. The van der Waals surface area contributed by atoms with Gasteiger partial charge in [0.05, 0.1) is 16.1 Å². The quantitative estimate of drug-likeness (QED) is 0.378. The lowest BCUT2D eigenvalue weighted by Gasteiger charge is -2.20. The molecule has 8 nitrogen and oxygen atoms in total. The van der Waals surface area contributed by atoms with Gasteiger partial charge in [-0.15, -0.1) is 10.2 Å². The van der Waals surface area contributed by atoms with E-state index in [-0.39, 0.29) is 6.42 Å². The van der Waals surface area contributed by atoms with Gasteiger partial charge < -0.3 is 9.84 Å². The predicted molar refractivity (Wildman–Crippen MR) is 93.0 cm³/mol. The summed E-state index contributed by atoms with van der Waals surface area (Å²) >= 11 is 0. The van der Waals surface area contributed by atoms with E-state index in [0.717, 1.165) is 0 Å². The number of hydrogen-bond donors (Lipinski definition) is 3. The van der Waals surface area contributed by atoms with Crippen LogP contribution in [0.5, 0.6) is 0 Å². The van der Waals surface area contributed by atoms with E-state index < -0.39 is 45.8 Å². The van der Waals surface area contributed by atoms with Crippen LogP contribution in [-0.4, -0.2) is 56.8 Å². The summed E-state index contributed by atoms with van der Waals surface area (Å²) in [7, 11) is -1.36. The highest BCUT2D eigenvalue weighted by molar-refractivity contribution is 8.40. The van der Waals surface area contributed by atoms with Crippen molar-refractivity contribution in [1.82, 2.24) is 0 Å². The van der Waals surface area contributed by atoms with Crippen LogP contribution in [0.15, 0.2) is 20.4 Å². The summed E-state index contributed by atoms with van der Waals surface area (Å²) < 4.78 is 5.27. The van der Waals surface area contributed by atoms with Crippen LogP contribution in [0.1, 0.15) is 13.3 Å². The fraction of sp³-hybridized carbons (Fsp3) is 0.500. The summed E-state index contributed by atoms with van der Waals surface area (Å²) in [5, 5.41) is 26.0. The molecule has 22 heavy (non-hydrogen) atoms. The summed E-state index contributed by atoms with van der Waals surface area (Å²) in [6.45, 7) is 1.67. The van der Waals surface area contributed by atoms with Crippen molar-refractivity contribution in [3.63, 3.8) is 0 Å². The smallest absolute Gasteiger partial charge is 0.321 e. The Labute approximate surface area is 133 Å². The van der Waals surface area contributed by atoms with Crippen molar-refractivity contribution in [3.05, 3.63) is 0 Å². The van der Waals surface area contributed by atoms with E-state index in [2.05, 4.69) is 20.4 Å². The minimum atomic E-state index is -1.28. The minimum Gasteiger partial charge on any atom is -0.481 e. The fourth-order valence-corrected chi connectivity index (χ4v) is 4.06. The number of rotatable bonds is 6. The number of carbonyl (C=O) groups is 2. The molecule has 10 heteroatoms. The van der Waals surface area contributed by atoms with Crippen LogP contribution in [0.3, 0.4) is 0 Å². The number of carboxylic acid groups (broad SMARTS) is 1. The lowest BCUT2D eigenvalue weighted by molar-refractivity contribution is -0.159. The Morgan fingerprint density at radius 2 is 1.86 bits per heavy atom. The minimum absolute atomic E-state index is 0.0208. The molecule has 0 saturated carbocycles. The third kappa shape index (κ3) is 3.74. The van der Waals surface area contributed by atoms with Crippen LogP contribution in [0.4, 0.5) is 0 Å². The molecule has 0 aromatic carbocycles. The zero-order valence-electron chi connectivity index (χ0n) is 12.4. The third-order valence-electron chi connectivity index (χ3n) is 3.18. The zero-order chi connectivity index (χ0) is 16.3. The van der Waals surface area contributed by atoms with Gasteiger partial charge in [0, 0.05) is 6.42 Å². The first-order valence-corrected chi connectivity index (χ1v) is 10.2. The molecule has 0 fully saturated rings. The molecule has 0 bridgehead atoms. The number of esters is 1. The van der Waals surface area contributed by atoms with E-state index in [1.165, 1.54) is 0 Å². The fourth-order valence-electron chi connectivity index (χ4n) is 1.92. The van der Waals surface area contributed by atoms with Gasteiger partial charge in [0.25, 0.3) is 0 Å². The summed E-state index contributed by atoms with van der Waals surface area (Å²) in [4.78, 5) is 23.5. The first-order chi connectivity index (χ1) is 10.4. The number of nitrogens with zero attached hydrogens (tertiary/aromatic N) is 4. The molecule has 0 aliphatic carbocycles. The van der Waals surface area contributed by atoms with Crippen LogP contribution in [-0.2, 0) is 14.3 Å². The normalized spacial score (nSPS) is 28.9. The van der Waals surface area contributed by atoms with E-state index in [4.69, 9.17) is 4.74 Å². The summed E-state index contributed by atoms with van der Waals surface area (Å²) in [5.74, 6) is -3.28. The molecule has 0 radical (unpaired) electrons. The molecule has 4 unspecified atom stereocenters. The Hall–Kier alpha value is -1.68. The number of thiol groups is 2. The molecular weight excluding hydrogens is 328 g/mol. The average Bonchev–Trinajstić information content (AvgIpc) is 3.04. The molecule has 0 aromatic rings. The van der Waals surface area contributed by atoms with Crippen molar-refractivity contribution in [1.29, 1.82) is 0 Å². The highest BCUT2D eigenvalue weighted by atomic mass is 32.2. The van der Waals surface area contributed by atoms with Gasteiger partial charge in [0.1, 0.15) is 11.1 Å². The average molecular weight is 346 g/mol. The first-order valence-electron chi connectivity index (χ1n) is 6.50. The molecule has 0 aromatic heterocycles. The van der Waals surface area contributed by atoms with Crippen LogP contribution < -0.4 is 0 Å². The molecule has 0 spiro atoms. The summed E-state index contributed by atoms with van der Waals surface area (Å²) in [6, 6.07) is 0. The van der Waals surface area contributed by atoms with E-state index in [9.17, 15) is 14.7 Å². The van der Waals surface area contributed by atoms with Crippen LogP contribution >= 0.6 is 21.8 Å². The highest BCUT2D eigenvalue weighted by Gasteiger charge is 2.33. The van der Waals surface area contributed by atoms with Gasteiger partial charge in [-0.1, -0.05) is 0 Å². The van der Waals surface area contributed by atoms with Gasteiger partial charge in [-0.05, 0) is 19.4 Å². The van der Waals surface area contributed by atoms with Crippen molar-refractivity contribution >= 4 is 54.9 Å². The van der Waals surface area contributed by atoms with Crippen molar-refractivity contribution in [2.45, 2.75) is 19.4 Å². The van der Waals surface area contributed by atoms with Gasteiger partial charge in [-0.3, -0.25) is 9.59 Å². The number of hydrogen-bond acceptors (Lipinski definition) is 7. The Morgan fingerprint density at radius 1 is 1.23 bits per heavy atom. The Morgan fingerprint density at radius 3 is 2.36 bits per heavy atom. The molecular formula is C12H18N4O4S2. The number of aliphatic carboxylic acids is 1. The van der Waals surface area contributed by atoms with Crippen molar-refractivity contribution in [2.75, 3.05) is 12.5 Å². The second-order valence-corrected chi connectivity index (χ2v) is 8.71. The SMILES string of the molecule is CC(OC(=O)C(CC1=NN=C[SH]1C)C(=O)O)C1=NN=C[SH]1C. The van der Waals surface area contributed by atoms with E-state index in [1.807, 2.05) is 12.5 Å². The molecule has 2 aliphatic rings. The Bertz CT molecular complexity index is 602. The van der Waals surface area contributed by atoms with Crippen molar-refractivity contribution in [3.8, 4) is 0 Å². The van der Waals surface area contributed by atoms with E-state index in [0.29, 0.717) is 10.1 Å². The Kier molecular flexibility index (Phi) is 5.35. The summed E-state index contributed by atoms with van der Waals surface area (Å²) in [6.07, 6.45) is 3.29. The topological polar surface area (TPSA) is 113 Å². The predicted octanol–water partition coefficient (Wildman–Crippen LogP) is 0.982. The maximum absolute atomic E-state index is 12.2.